The molecular weight excluding hydrogens is 248 g/mol. The zero-order valence-corrected chi connectivity index (χ0v) is 13.3. The highest BCUT2D eigenvalue weighted by atomic mass is 15.3. The van der Waals surface area contributed by atoms with E-state index in [0.717, 1.165) is 31.1 Å². The molecule has 0 amide bonds. The lowest BCUT2D eigenvalue weighted by atomic mass is 9.78. The zero-order chi connectivity index (χ0) is 14.6. The van der Waals surface area contributed by atoms with Crippen molar-refractivity contribution in [2.24, 2.45) is 5.41 Å². The molecule has 0 saturated carbocycles. The van der Waals surface area contributed by atoms with Crippen LogP contribution >= 0.6 is 0 Å². The van der Waals surface area contributed by atoms with E-state index in [2.05, 4.69) is 60.2 Å². The van der Waals surface area contributed by atoms with Crippen molar-refractivity contribution in [3.05, 3.63) is 17.8 Å². The van der Waals surface area contributed by atoms with Crippen molar-refractivity contribution in [3.8, 4) is 0 Å². The van der Waals surface area contributed by atoms with Crippen LogP contribution in [0.25, 0.3) is 0 Å². The first-order valence-corrected chi connectivity index (χ1v) is 7.83. The van der Waals surface area contributed by atoms with Crippen LogP contribution < -0.4 is 10.2 Å². The Morgan fingerprint density at radius 1 is 1.25 bits per heavy atom. The van der Waals surface area contributed by atoms with E-state index in [0.29, 0.717) is 11.5 Å². The van der Waals surface area contributed by atoms with Gasteiger partial charge in [0.25, 0.3) is 0 Å². The first-order valence-electron chi connectivity index (χ1n) is 7.83. The molecule has 0 radical (unpaired) electrons. The summed E-state index contributed by atoms with van der Waals surface area (Å²) in [6, 6.07) is 4.68. The molecule has 0 aliphatic carbocycles. The lowest BCUT2D eigenvalue weighted by Gasteiger charge is -2.39. The molecule has 1 fully saturated rings. The molecule has 1 saturated heterocycles. The standard InChI is InChI=1S/C16H28N4/c1-5-16(4)8-10-20(11-9-16)15-7-6-14(18-19-15)12-17-13(2)3/h6-7,13,17H,5,8-12H2,1-4H3. The number of nitrogens with one attached hydrogen (secondary N) is 1. The maximum atomic E-state index is 4.39. The van der Waals surface area contributed by atoms with Crippen molar-refractivity contribution in [1.29, 1.82) is 0 Å². The third kappa shape index (κ3) is 3.92. The van der Waals surface area contributed by atoms with Crippen LogP contribution in [0, 0.1) is 5.41 Å². The Morgan fingerprint density at radius 2 is 1.95 bits per heavy atom. The molecule has 2 heterocycles. The average Bonchev–Trinajstić information content (AvgIpc) is 2.46. The van der Waals surface area contributed by atoms with Crippen molar-refractivity contribution in [1.82, 2.24) is 15.5 Å². The predicted molar refractivity (Wildman–Crippen MR) is 83.9 cm³/mol. The van der Waals surface area contributed by atoms with Gasteiger partial charge >= 0.3 is 0 Å². The molecule has 0 atom stereocenters. The molecule has 2 rings (SSSR count). The van der Waals surface area contributed by atoms with Gasteiger partial charge in [0.05, 0.1) is 5.69 Å². The number of aromatic nitrogens is 2. The third-order valence-corrected chi connectivity index (χ3v) is 4.55. The van der Waals surface area contributed by atoms with Crippen molar-refractivity contribution in [2.45, 2.75) is 59.5 Å². The highest BCUT2D eigenvalue weighted by molar-refractivity contribution is 5.38. The fraction of sp³-hybridized carbons (Fsp3) is 0.750. The molecule has 20 heavy (non-hydrogen) atoms. The summed E-state index contributed by atoms with van der Waals surface area (Å²) in [5, 5.41) is 12.1. The Kier molecular flexibility index (Phi) is 4.97. The van der Waals surface area contributed by atoms with Crippen LogP contribution in [0.1, 0.15) is 52.7 Å². The molecule has 4 nitrogen and oxygen atoms in total. The van der Waals surface area contributed by atoms with Crippen molar-refractivity contribution in [3.63, 3.8) is 0 Å². The van der Waals surface area contributed by atoms with E-state index in [4.69, 9.17) is 0 Å². The molecule has 1 aliphatic heterocycles. The van der Waals surface area contributed by atoms with Crippen LogP contribution in [0.3, 0.4) is 0 Å². The summed E-state index contributed by atoms with van der Waals surface area (Å²) in [7, 11) is 0. The van der Waals surface area contributed by atoms with Gasteiger partial charge in [0.1, 0.15) is 0 Å². The van der Waals surface area contributed by atoms with Crippen LogP contribution in [0.5, 0.6) is 0 Å². The molecule has 1 aromatic heterocycles. The Morgan fingerprint density at radius 3 is 2.45 bits per heavy atom. The lowest BCUT2D eigenvalue weighted by molar-refractivity contribution is 0.237. The van der Waals surface area contributed by atoms with Gasteiger partial charge in [-0.3, -0.25) is 0 Å². The van der Waals surface area contributed by atoms with Crippen LogP contribution in [0.15, 0.2) is 12.1 Å². The minimum absolute atomic E-state index is 0.477. The van der Waals surface area contributed by atoms with Gasteiger partial charge in [-0.25, -0.2) is 0 Å². The highest BCUT2D eigenvalue weighted by Gasteiger charge is 2.28. The second kappa shape index (κ2) is 6.53. The third-order valence-electron chi connectivity index (χ3n) is 4.55. The molecular formula is C16H28N4. The summed E-state index contributed by atoms with van der Waals surface area (Å²) in [6.07, 6.45) is 3.77. The molecule has 4 heteroatoms. The van der Waals surface area contributed by atoms with Gasteiger partial charge in [0.2, 0.25) is 0 Å². The average molecular weight is 276 g/mol. The van der Waals surface area contributed by atoms with Gasteiger partial charge in [-0.1, -0.05) is 34.1 Å². The lowest BCUT2D eigenvalue weighted by Crippen LogP contribution is -2.39. The largest absolute Gasteiger partial charge is 0.355 e. The van der Waals surface area contributed by atoms with E-state index in [1.54, 1.807) is 0 Å². The molecule has 0 spiro atoms. The number of nitrogens with zero attached hydrogens (tertiary/aromatic N) is 3. The molecule has 1 N–H and O–H groups in total. The van der Waals surface area contributed by atoms with Gasteiger partial charge in [-0.05, 0) is 30.4 Å². The molecule has 112 valence electrons. The second-order valence-corrected chi connectivity index (χ2v) is 6.57. The number of hydrogen-bond acceptors (Lipinski definition) is 4. The van der Waals surface area contributed by atoms with Crippen molar-refractivity contribution >= 4 is 5.82 Å². The summed E-state index contributed by atoms with van der Waals surface area (Å²) in [6.45, 7) is 12.0. The van der Waals surface area contributed by atoms with Crippen LogP contribution in [-0.2, 0) is 6.54 Å². The number of rotatable bonds is 5. The van der Waals surface area contributed by atoms with Crippen molar-refractivity contribution in [2.75, 3.05) is 18.0 Å². The van der Waals surface area contributed by atoms with E-state index in [1.807, 2.05) is 0 Å². The van der Waals surface area contributed by atoms with Gasteiger partial charge in [-0.15, -0.1) is 5.10 Å². The number of anilines is 1. The summed E-state index contributed by atoms with van der Waals surface area (Å²) in [5.41, 5.74) is 1.53. The minimum atomic E-state index is 0.477. The molecule has 0 unspecified atom stereocenters. The van der Waals surface area contributed by atoms with E-state index in [-0.39, 0.29) is 0 Å². The Labute approximate surface area is 123 Å². The van der Waals surface area contributed by atoms with Gasteiger partial charge < -0.3 is 10.2 Å². The van der Waals surface area contributed by atoms with Gasteiger partial charge in [-0.2, -0.15) is 5.10 Å². The molecule has 0 bridgehead atoms. The van der Waals surface area contributed by atoms with Gasteiger partial charge in [0, 0.05) is 25.7 Å². The maximum absolute atomic E-state index is 4.39. The van der Waals surface area contributed by atoms with E-state index in [1.165, 1.54) is 19.3 Å². The first kappa shape index (κ1) is 15.2. The maximum Gasteiger partial charge on any atom is 0.151 e. The normalized spacial score (nSPS) is 18.6. The summed E-state index contributed by atoms with van der Waals surface area (Å²) in [5.74, 6) is 1.02. The Bertz CT molecular complexity index is 405. The number of piperidine rings is 1. The molecule has 1 aliphatic rings. The van der Waals surface area contributed by atoms with E-state index >= 15 is 0 Å². The SMILES string of the molecule is CCC1(C)CCN(c2ccc(CNC(C)C)nn2)CC1. The molecule has 1 aromatic rings. The van der Waals surface area contributed by atoms with Gasteiger partial charge in [0.15, 0.2) is 5.82 Å². The van der Waals surface area contributed by atoms with Crippen LogP contribution in [0.4, 0.5) is 5.82 Å². The van der Waals surface area contributed by atoms with Crippen molar-refractivity contribution < 1.29 is 0 Å². The smallest absolute Gasteiger partial charge is 0.151 e. The van der Waals surface area contributed by atoms with E-state index in [9.17, 15) is 0 Å². The quantitative estimate of drug-likeness (QED) is 0.897. The topological polar surface area (TPSA) is 41.0 Å². The number of hydrogen-bond donors (Lipinski definition) is 1. The first-order chi connectivity index (χ1) is 9.52. The summed E-state index contributed by atoms with van der Waals surface area (Å²) >= 11 is 0. The predicted octanol–water partition coefficient (Wildman–Crippen LogP) is 2.99. The zero-order valence-electron chi connectivity index (χ0n) is 13.3. The monoisotopic (exact) mass is 276 g/mol. The van der Waals surface area contributed by atoms with Crippen LogP contribution in [0.2, 0.25) is 0 Å². The highest BCUT2D eigenvalue weighted by Crippen LogP contribution is 2.34. The Balaban J connectivity index is 1.91. The molecule has 0 aromatic carbocycles. The second-order valence-electron chi connectivity index (χ2n) is 6.57. The Hall–Kier alpha value is -1.16. The fourth-order valence-corrected chi connectivity index (χ4v) is 2.55. The van der Waals surface area contributed by atoms with E-state index < -0.39 is 0 Å². The minimum Gasteiger partial charge on any atom is -0.355 e. The summed E-state index contributed by atoms with van der Waals surface area (Å²) in [4.78, 5) is 2.37. The fourth-order valence-electron chi connectivity index (χ4n) is 2.55. The summed E-state index contributed by atoms with van der Waals surface area (Å²) < 4.78 is 0. The van der Waals surface area contributed by atoms with Crippen LogP contribution in [-0.4, -0.2) is 29.3 Å².